The van der Waals surface area contributed by atoms with Crippen LogP contribution in [0, 0.1) is 11.8 Å². The van der Waals surface area contributed by atoms with Crippen LogP contribution in [-0.2, 0) is 61.8 Å². The van der Waals surface area contributed by atoms with Gasteiger partial charge in [0.15, 0.2) is 18.7 Å². The van der Waals surface area contributed by atoms with Gasteiger partial charge in [0.05, 0.1) is 43.0 Å². The average molecular weight is 844 g/mol. The number of esters is 3. The van der Waals surface area contributed by atoms with E-state index >= 15 is 0 Å². The molecule has 4 rings (SSSR count). The maximum atomic E-state index is 13.4. The summed E-state index contributed by atoms with van der Waals surface area (Å²) in [5.41, 5.74) is -1.49. The number of fused-ring (bicyclic) bond motifs is 1. The third kappa shape index (κ3) is 13.2. The van der Waals surface area contributed by atoms with Gasteiger partial charge in [0, 0.05) is 39.2 Å². The Kier molecular flexibility index (Phi) is 18.3. The summed E-state index contributed by atoms with van der Waals surface area (Å²) >= 11 is 0. The number of hydrogen-bond acceptors (Lipinski definition) is 17. The van der Waals surface area contributed by atoms with Crippen LogP contribution in [0.2, 0.25) is 0 Å². The molecule has 338 valence electrons. The predicted octanol–water partition coefficient (Wildman–Crippen LogP) is 2.37. The minimum atomic E-state index is -1.49. The minimum Gasteiger partial charge on any atom is -0.462 e. The molecule has 18 atom stereocenters. The number of aldehydes is 1. The maximum absolute atomic E-state index is 13.4. The summed E-state index contributed by atoms with van der Waals surface area (Å²) in [5, 5.41) is 34.7. The van der Waals surface area contributed by atoms with Gasteiger partial charge in [-0.25, -0.2) is 0 Å². The summed E-state index contributed by atoms with van der Waals surface area (Å²) in [7, 11) is 4.87. The van der Waals surface area contributed by atoms with E-state index < -0.39 is 121 Å². The lowest BCUT2D eigenvalue weighted by atomic mass is 9.82. The van der Waals surface area contributed by atoms with E-state index in [1.165, 1.54) is 7.11 Å². The van der Waals surface area contributed by atoms with Crippen LogP contribution in [0.1, 0.15) is 99.8 Å². The quantitative estimate of drug-likeness (QED) is 0.0797. The zero-order chi connectivity index (χ0) is 43.8. The summed E-state index contributed by atoms with van der Waals surface area (Å²) in [6.45, 7) is 12.0. The molecular formula is C42H69NO16. The van der Waals surface area contributed by atoms with Gasteiger partial charge < -0.3 is 67.6 Å². The number of epoxide rings is 1. The standard InChI is InChI=1S/C42H69NO16/c1-11-13-32(47)57-40-25(6)53-34(21-42(40,7)50)58-37-24(5)54-41(36(49)35(37)43(8)9)59-38-26(16-17-44)18-22(3)27(45)14-15-28-29(55-28)19-23(4)52-33(48)20-30(39(38)51-10)56-31(46)12-2/h14-15,17,22-30,34-41,45,49-50H,11-13,16,18-21H2,1-10H3/b15-14+/t22-,23-,24+,25-,26+,27+,28-,29+,30-,34+,35+,36+,37+,38+,39-,40-,41-,42-/m1/s1. The Balaban J connectivity index is 1.66. The van der Waals surface area contributed by atoms with Crippen LogP contribution < -0.4 is 0 Å². The molecule has 17 heteroatoms. The van der Waals surface area contributed by atoms with Gasteiger partial charge in [-0.1, -0.05) is 32.9 Å². The molecule has 0 radical (unpaired) electrons. The molecule has 0 aromatic carbocycles. The molecule has 0 amide bonds. The molecule has 0 aliphatic carbocycles. The van der Waals surface area contributed by atoms with Gasteiger partial charge in [0.1, 0.15) is 48.5 Å². The lowest BCUT2D eigenvalue weighted by molar-refractivity contribution is -0.344. The predicted molar refractivity (Wildman–Crippen MR) is 209 cm³/mol. The van der Waals surface area contributed by atoms with Crippen molar-refractivity contribution in [3.63, 3.8) is 0 Å². The van der Waals surface area contributed by atoms with Crippen molar-refractivity contribution in [1.29, 1.82) is 0 Å². The van der Waals surface area contributed by atoms with E-state index in [9.17, 15) is 34.5 Å². The molecular weight excluding hydrogens is 774 g/mol. The summed E-state index contributed by atoms with van der Waals surface area (Å²) in [6, 6.07) is -0.783. The van der Waals surface area contributed by atoms with Crippen LogP contribution in [-0.4, -0.2) is 163 Å². The number of aliphatic hydroxyl groups excluding tert-OH is 2. The van der Waals surface area contributed by atoms with E-state index in [0.29, 0.717) is 12.8 Å². The largest absolute Gasteiger partial charge is 0.462 e. The summed E-state index contributed by atoms with van der Waals surface area (Å²) in [6.07, 6.45) is -7.41. The van der Waals surface area contributed by atoms with E-state index in [0.717, 1.165) is 6.29 Å². The fourth-order valence-electron chi connectivity index (χ4n) is 8.54. The van der Waals surface area contributed by atoms with Gasteiger partial charge in [-0.2, -0.15) is 0 Å². The van der Waals surface area contributed by atoms with Crippen molar-refractivity contribution in [3.8, 4) is 0 Å². The van der Waals surface area contributed by atoms with Crippen molar-refractivity contribution in [1.82, 2.24) is 4.90 Å². The van der Waals surface area contributed by atoms with Gasteiger partial charge in [0.25, 0.3) is 0 Å². The Hall–Kier alpha value is -2.58. The van der Waals surface area contributed by atoms with Gasteiger partial charge in [-0.05, 0) is 66.5 Å². The molecule has 3 saturated heterocycles. The van der Waals surface area contributed by atoms with Crippen LogP contribution in [0.25, 0.3) is 0 Å². The number of hydrogen-bond donors (Lipinski definition) is 3. The van der Waals surface area contributed by atoms with Crippen molar-refractivity contribution >= 4 is 24.2 Å². The van der Waals surface area contributed by atoms with Gasteiger partial charge >= 0.3 is 17.9 Å². The molecule has 4 aliphatic rings. The molecule has 59 heavy (non-hydrogen) atoms. The first kappa shape index (κ1) is 49.1. The van der Waals surface area contributed by atoms with Gasteiger partial charge in [-0.3, -0.25) is 14.4 Å². The summed E-state index contributed by atoms with van der Waals surface area (Å²) in [5.74, 6) is -2.82. The lowest BCUT2D eigenvalue weighted by Gasteiger charge is -2.50. The van der Waals surface area contributed by atoms with Crippen LogP contribution >= 0.6 is 0 Å². The Labute approximate surface area is 348 Å². The van der Waals surface area contributed by atoms with Crippen molar-refractivity contribution in [2.24, 2.45) is 11.8 Å². The highest BCUT2D eigenvalue weighted by Crippen LogP contribution is 2.38. The first-order chi connectivity index (χ1) is 27.8. The third-order valence-electron chi connectivity index (χ3n) is 11.7. The molecule has 3 N–H and O–H groups in total. The SMILES string of the molecule is CCCC(=O)O[C@@H]1[C@@H](C)O[C@@H](O[C@@H]2[C@@H](N(C)C)[C@H](O)[C@@H](O[C@H]3[C@@H](CC=O)C[C@@H](C)[C@@H](O)/C=C/[C@H]4O[C@H]4C[C@@H](C)OC(=O)C[C@@H](OC(=O)CC)[C@H]3OC)O[C@H]2C)C[C@@]1(C)O. The fourth-order valence-corrected chi connectivity index (χ4v) is 8.54. The fraction of sp³-hybridized carbons (Fsp3) is 0.857. The molecule has 0 saturated carbocycles. The zero-order valence-corrected chi connectivity index (χ0v) is 36.3. The van der Waals surface area contributed by atoms with E-state index in [4.69, 9.17) is 42.6 Å². The number of aliphatic hydroxyl groups is 3. The van der Waals surface area contributed by atoms with E-state index in [1.54, 1.807) is 65.8 Å². The van der Waals surface area contributed by atoms with E-state index in [1.807, 2.05) is 13.8 Å². The Bertz CT molecular complexity index is 1410. The molecule has 0 aromatic rings. The Morgan fingerprint density at radius 3 is 2.27 bits per heavy atom. The number of carbonyl (C=O) groups excluding carboxylic acids is 4. The number of likely N-dealkylation sites (N-methyl/N-ethyl adjacent to an activating group) is 1. The molecule has 0 unspecified atom stereocenters. The summed E-state index contributed by atoms with van der Waals surface area (Å²) < 4.78 is 54.6. The van der Waals surface area contributed by atoms with E-state index in [2.05, 4.69) is 0 Å². The lowest BCUT2D eigenvalue weighted by Crippen LogP contribution is -2.66. The van der Waals surface area contributed by atoms with Crippen LogP contribution in [0.4, 0.5) is 0 Å². The van der Waals surface area contributed by atoms with Crippen molar-refractivity contribution < 1.29 is 77.1 Å². The first-order valence-electron chi connectivity index (χ1n) is 21.1. The van der Waals surface area contributed by atoms with Crippen LogP contribution in [0.5, 0.6) is 0 Å². The maximum Gasteiger partial charge on any atom is 0.309 e. The molecule has 4 aliphatic heterocycles. The minimum absolute atomic E-state index is 0.00487. The third-order valence-corrected chi connectivity index (χ3v) is 11.7. The van der Waals surface area contributed by atoms with Gasteiger partial charge in [-0.15, -0.1) is 0 Å². The first-order valence-corrected chi connectivity index (χ1v) is 21.1. The summed E-state index contributed by atoms with van der Waals surface area (Å²) in [4.78, 5) is 52.7. The van der Waals surface area contributed by atoms with Crippen molar-refractivity contribution in [3.05, 3.63) is 12.2 Å². The molecule has 17 nitrogen and oxygen atoms in total. The molecule has 0 spiro atoms. The highest BCUT2D eigenvalue weighted by molar-refractivity contribution is 5.72. The monoisotopic (exact) mass is 843 g/mol. The number of rotatable bonds is 13. The topological polar surface area (TPSA) is 219 Å². The molecule has 0 aromatic heterocycles. The number of methoxy groups -OCH3 is 1. The molecule has 0 bridgehead atoms. The van der Waals surface area contributed by atoms with E-state index in [-0.39, 0.29) is 44.3 Å². The highest BCUT2D eigenvalue weighted by Gasteiger charge is 2.53. The zero-order valence-electron chi connectivity index (χ0n) is 36.3. The highest BCUT2D eigenvalue weighted by atomic mass is 16.7. The van der Waals surface area contributed by atoms with Crippen LogP contribution in [0.3, 0.4) is 0 Å². The number of ether oxygens (including phenoxy) is 9. The van der Waals surface area contributed by atoms with Crippen molar-refractivity contribution in [2.45, 2.75) is 197 Å². The van der Waals surface area contributed by atoms with Crippen molar-refractivity contribution in [2.75, 3.05) is 21.2 Å². The smallest absolute Gasteiger partial charge is 0.309 e. The molecule has 3 fully saturated rings. The Morgan fingerprint density at radius 2 is 1.66 bits per heavy atom. The Morgan fingerprint density at radius 1 is 0.949 bits per heavy atom. The number of carbonyl (C=O) groups is 4. The normalized spacial score (nSPS) is 42.9. The van der Waals surface area contributed by atoms with Crippen LogP contribution in [0.15, 0.2) is 12.2 Å². The second kappa shape index (κ2) is 22.0. The molecule has 4 heterocycles. The number of nitrogens with zero attached hydrogens (tertiary/aromatic N) is 1. The second-order valence-corrected chi connectivity index (χ2v) is 17.1. The van der Waals surface area contributed by atoms with Gasteiger partial charge in [0.2, 0.25) is 0 Å². The number of cyclic esters (lactones) is 1. The second-order valence-electron chi connectivity index (χ2n) is 17.1. The average Bonchev–Trinajstić information content (AvgIpc) is 3.89.